The molecule has 1 atom stereocenters. The van der Waals surface area contributed by atoms with Gasteiger partial charge in [0.15, 0.2) is 15.8 Å². The maximum absolute atomic E-state index is 11.8. The van der Waals surface area contributed by atoms with Gasteiger partial charge in [0, 0.05) is 19.3 Å². The molecule has 1 aromatic carbocycles. The van der Waals surface area contributed by atoms with Crippen molar-refractivity contribution in [1.29, 1.82) is 0 Å². The molecule has 25 heavy (non-hydrogen) atoms. The highest BCUT2D eigenvalue weighted by molar-refractivity contribution is 14.0. The van der Waals surface area contributed by atoms with Gasteiger partial charge in [0.25, 0.3) is 0 Å². The van der Waals surface area contributed by atoms with Gasteiger partial charge in [0.1, 0.15) is 0 Å². The Morgan fingerprint density at radius 2 is 1.76 bits per heavy atom. The first-order chi connectivity index (χ1) is 11.1. The van der Waals surface area contributed by atoms with Gasteiger partial charge >= 0.3 is 0 Å². The molecule has 0 aliphatic carbocycles. The number of halogens is 1. The fourth-order valence-corrected chi connectivity index (χ4v) is 2.29. The number of hydrogen-bond acceptors (Lipinski definition) is 3. The van der Waals surface area contributed by atoms with Crippen molar-refractivity contribution in [2.24, 2.45) is 4.99 Å². The molecule has 0 fully saturated rings. The van der Waals surface area contributed by atoms with Crippen LogP contribution in [0.25, 0.3) is 0 Å². The van der Waals surface area contributed by atoms with Gasteiger partial charge in [-0.05, 0) is 39.2 Å². The van der Waals surface area contributed by atoms with E-state index in [1.807, 2.05) is 6.92 Å². The van der Waals surface area contributed by atoms with E-state index < -0.39 is 14.6 Å². The summed E-state index contributed by atoms with van der Waals surface area (Å²) in [5.74, 6) is 0.977. The zero-order chi connectivity index (χ0) is 18.4. The lowest BCUT2D eigenvalue weighted by atomic mass is 10.0. The molecule has 5 nitrogen and oxygen atoms in total. The Hall–Kier alpha value is -0.830. The third-order valence-corrected chi connectivity index (χ3v) is 6.32. The molecule has 0 aliphatic rings. The van der Waals surface area contributed by atoms with Crippen molar-refractivity contribution in [3.63, 3.8) is 0 Å². The van der Waals surface area contributed by atoms with E-state index in [2.05, 4.69) is 53.7 Å². The third kappa shape index (κ3) is 7.94. The Balaban J connectivity index is 0.00000576. The number of benzene rings is 1. The summed E-state index contributed by atoms with van der Waals surface area (Å²) in [6.45, 7) is 11.3. The highest BCUT2D eigenvalue weighted by Crippen LogP contribution is 2.16. The molecule has 144 valence electrons. The molecular weight excluding hydrogens is 449 g/mol. The van der Waals surface area contributed by atoms with Crippen LogP contribution in [0.5, 0.6) is 0 Å². The fraction of sp³-hybridized carbons (Fsp3) is 0.611. The second kappa shape index (κ2) is 10.4. The van der Waals surface area contributed by atoms with Crippen molar-refractivity contribution in [3.05, 3.63) is 35.4 Å². The zero-order valence-corrected chi connectivity index (χ0v) is 19.2. The van der Waals surface area contributed by atoms with E-state index in [0.29, 0.717) is 11.9 Å². The molecule has 0 radical (unpaired) electrons. The maximum atomic E-state index is 11.8. The number of hydrogen-bond donors (Lipinski definition) is 2. The topological polar surface area (TPSA) is 70.6 Å². The van der Waals surface area contributed by atoms with Crippen LogP contribution in [0.4, 0.5) is 0 Å². The lowest BCUT2D eigenvalue weighted by molar-refractivity contribution is 0.554. The van der Waals surface area contributed by atoms with Crippen LogP contribution in [0.15, 0.2) is 29.3 Å². The third-order valence-electron chi connectivity index (χ3n) is 4.19. The standard InChI is InChI=1S/C18H31N3O2S.HI/c1-7-19-17(21-13-18(4,5)24(6,22)23)20-12-15(3)16-10-8-14(2)9-11-16;/h8-11,15H,7,12-13H2,1-6H3,(H2,19,20,21);1H. The minimum Gasteiger partial charge on any atom is -0.357 e. The minimum atomic E-state index is -3.15. The SMILES string of the molecule is CCNC(=NCC(C)(C)S(C)(=O)=O)NCC(C)c1ccc(C)cc1.I. The monoisotopic (exact) mass is 481 g/mol. The number of sulfone groups is 1. The van der Waals surface area contributed by atoms with Crippen LogP contribution in [0, 0.1) is 6.92 Å². The predicted octanol–water partition coefficient (Wildman–Crippen LogP) is 3.09. The van der Waals surface area contributed by atoms with E-state index in [4.69, 9.17) is 0 Å². The molecule has 0 amide bonds. The van der Waals surface area contributed by atoms with Gasteiger partial charge in [-0.2, -0.15) is 0 Å². The Kier molecular flexibility index (Phi) is 10.0. The average molecular weight is 481 g/mol. The number of nitrogens with one attached hydrogen (secondary N) is 2. The van der Waals surface area contributed by atoms with Gasteiger partial charge < -0.3 is 10.6 Å². The molecule has 1 aromatic rings. The highest BCUT2D eigenvalue weighted by atomic mass is 127. The molecule has 1 rings (SSSR count). The normalized spacial score (nSPS) is 13.8. The Bertz CT molecular complexity index is 655. The van der Waals surface area contributed by atoms with Crippen molar-refractivity contribution in [1.82, 2.24) is 10.6 Å². The van der Waals surface area contributed by atoms with Crippen LogP contribution >= 0.6 is 24.0 Å². The fourth-order valence-electron chi connectivity index (χ4n) is 1.99. The molecular formula is C18H32IN3O2S. The summed E-state index contributed by atoms with van der Waals surface area (Å²) in [6, 6.07) is 8.50. The minimum absolute atomic E-state index is 0. The molecule has 0 bridgehead atoms. The predicted molar refractivity (Wildman–Crippen MR) is 118 cm³/mol. The van der Waals surface area contributed by atoms with Crippen molar-refractivity contribution >= 4 is 39.8 Å². The van der Waals surface area contributed by atoms with Crippen molar-refractivity contribution < 1.29 is 8.42 Å². The Labute approximate surface area is 170 Å². The molecule has 0 saturated carbocycles. The van der Waals surface area contributed by atoms with Crippen molar-refractivity contribution in [3.8, 4) is 0 Å². The van der Waals surface area contributed by atoms with Crippen molar-refractivity contribution in [2.45, 2.75) is 45.3 Å². The molecule has 0 aliphatic heterocycles. The van der Waals surface area contributed by atoms with Crippen LogP contribution < -0.4 is 10.6 Å². The van der Waals surface area contributed by atoms with Crippen LogP contribution in [0.2, 0.25) is 0 Å². The first kappa shape index (κ1) is 24.2. The molecule has 2 N–H and O–H groups in total. The van der Waals surface area contributed by atoms with E-state index in [1.54, 1.807) is 13.8 Å². The van der Waals surface area contributed by atoms with Gasteiger partial charge in [-0.25, -0.2) is 8.42 Å². The van der Waals surface area contributed by atoms with Crippen LogP contribution in [0.3, 0.4) is 0 Å². The number of aliphatic imine (C=N–C) groups is 1. The molecule has 0 aromatic heterocycles. The molecule has 0 saturated heterocycles. The van der Waals surface area contributed by atoms with Gasteiger partial charge in [0.05, 0.1) is 11.3 Å². The zero-order valence-electron chi connectivity index (χ0n) is 16.1. The molecule has 0 spiro atoms. The highest BCUT2D eigenvalue weighted by Gasteiger charge is 2.29. The van der Waals surface area contributed by atoms with E-state index in [0.717, 1.165) is 13.1 Å². The first-order valence-corrected chi connectivity index (χ1v) is 10.2. The van der Waals surface area contributed by atoms with E-state index in [9.17, 15) is 8.42 Å². The quantitative estimate of drug-likeness (QED) is 0.357. The van der Waals surface area contributed by atoms with Crippen LogP contribution in [0.1, 0.15) is 44.7 Å². The van der Waals surface area contributed by atoms with Crippen LogP contribution in [-0.2, 0) is 9.84 Å². The Morgan fingerprint density at radius 3 is 2.24 bits per heavy atom. The van der Waals surface area contributed by atoms with E-state index in [-0.39, 0.29) is 30.5 Å². The molecule has 0 heterocycles. The largest absolute Gasteiger partial charge is 0.357 e. The summed E-state index contributed by atoms with van der Waals surface area (Å²) in [7, 11) is -3.15. The Morgan fingerprint density at radius 1 is 1.20 bits per heavy atom. The number of aryl methyl sites for hydroxylation is 1. The summed E-state index contributed by atoms with van der Waals surface area (Å²) in [6.07, 6.45) is 1.25. The van der Waals surface area contributed by atoms with Crippen LogP contribution in [-0.4, -0.2) is 45.0 Å². The second-order valence-corrected chi connectivity index (χ2v) is 9.57. The van der Waals surface area contributed by atoms with Gasteiger partial charge in [0.2, 0.25) is 0 Å². The summed E-state index contributed by atoms with van der Waals surface area (Å²) >= 11 is 0. The smallest absolute Gasteiger partial charge is 0.191 e. The maximum Gasteiger partial charge on any atom is 0.191 e. The van der Waals surface area contributed by atoms with E-state index >= 15 is 0 Å². The van der Waals surface area contributed by atoms with Gasteiger partial charge in [-0.15, -0.1) is 24.0 Å². The number of rotatable bonds is 7. The molecule has 1 unspecified atom stereocenters. The average Bonchev–Trinajstić information content (AvgIpc) is 2.49. The second-order valence-electron chi connectivity index (χ2n) is 6.92. The summed E-state index contributed by atoms with van der Waals surface area (Å²) in [5.41, 5.74) is 2.51. The van der Waals surface area contributed by atoms with Crippen molar-refractivity contribution in [2.75, 3.05) is 25.9 Å². The summed E-state index contributed by atoms with van der Waals surface area (Å²) in [5, 5.41) is 6.47. The van der Waals surface area contributed by atoms with Gasteiger partial charge in [-0.1, -0.05) is 36.8 Å². The molecule has 7 heteroatoms. The lowest BCUT2D eigenvalue weighted by Crippen LogP contribution is -2.41. The number of nitrogens with zero attached hydrogens (tertiary/aromatic N) is 1. The van der Waals surface area contributed by atoms with E-state index in [1.165, 1.54) is 17.4 Å². The van der Waals surface area contributed by atoms with Gasteiger partial charge in [-0.3, -0.25) is 4.99 Å². The number of guanidine groups is 1. The summed E-state index contributed by atoms with van der Waals surface area (Å²) < 4.78 is 22.7. The summed E-state index contributed by atoms with van der Waals surface area (Å²) in [4.78, 5) is 4.45. The first-order valence-electron chi connectivity index (χ1n) is 8.35. The lowest BCUT2D eigenvalue weighted by Gasteiger charge is -2.21.